The van der Waals surface area contributed by atoms with E-state index in [1.165, 1.54) is 11.6 Å². The molecular formula is C23H20ClN5O3. The Labute approximate surface area is 187 Å². The molecule has 5 aromatic rings. The fourth-order valence-electron chi connectivity index (χ4n) is 3.91. The Morgan fingerprint density at radius 3 is 2.31 bits per heavy atom. The maximum absolute atomic E-state index is 13.0. The molecule has 0 aliphatic heterocycles. The van der Waals surface area contributed by atoms with E-state index in [-0.39, 0.29) is 0 Å². The van der Waals surface area contributed by atoms with Gasteiger partial charge in [-0.3, -0.25) is 22.9 Å². The highest BCUT2D eigenvalue weighted by Gasteiger charge is 2.21. The van der Waals surface area contributed by atoms with Gasteiger partial charge in [-0.2, -0.15) is 4.98 Å². The Bertz CT molecular complexity index is 1590. The van der Waals surface area contributed by atoms with Crippen LogP contribution in [0.3, 0.4) is 0 Å². The van der Waals surface area contributed by atoms with Gasteiger partial charge in [0, 0.05) is 36.6 Å². The molecule has 5 rings (SSSR count). The first-order valence-corrected chi connectivity index (χ1v) is 10.5. The van der Waals surface area contributed by atoms with Gasteiger partial charge in [0.25, 0.3) is 5.56 Å². The van der Waals surface area contributed by atoms with Crippen LogP contribution in [0.4, 0.5) is 0 Å². The van der Waals surface area contributed by atoms with Crippen LogP contribution in [-0.4, -0.2) is 29.7 Å². The molecule has 0 fully saturated rings. The van der Waals surface area contributed by atoms with Crippen LogP contribution in [0.1, 0.15) is 6.92 Å². The number of aryl methyl sites for hydroxylation is 1. The van der Waals surface area contributed by atoms with Crippen LogP contribution in [0.5, 0.6) is 5.75 Å². The van der Waals surface area contributed by atoms with E-state index >= 15 is 0 Å². The van der Waals surface area contributed by atoms with Gasteiger partial charge in [-0.15, -0.1) is 0 Å². The third-order valence-corrected chi connectivity index (χ3v) is 5.76. The van der Waals surface area contributed by atoms with E-state index in [2.05, 4.69) is 4.98 Å². The molecule has 9 heteroatoms. The Morgan fingerprint density at radius 2 is 1.66 bits per heavy atom. The van der Waals surface area contributed by atoms with Gasteiger partial charge in [0.2, 0.25) is 5.78 Å². The summed E-state index contributed by atoms with van der Waals surface area (Å²) in [5.74, 6) is 1.30. The molecule has 3 heterocycles. The number of imidazole rings is 2. The number of benzene rings is 2. The van der Waals surface area contributed by atoms with Gasteiger partial charge < -0.3 is 4.74 Å². The highest BCUT2D eigenvalue weighted by Crippen LogP contribution is 2.30. The lowest BCUT2D eigenvalue weighted by Crippen LogP contribution is -2.37. The Hall–Kier alpha value is -3.78. The molecule has 0 spiro atoms. The fourth-order valence-corrected chi connectivity index (χ4v) is 4.03. The van der Waals surface area contributed by atoms with Crippen LogP contribution in [0.2, 0.25) is 5.02 Å². The third-order valence-electron chi connectivity index (χ3n) is 5.51. The lowest BCUT2D eigenvalue weighted by molar-refractivity contribution is 0.340. The zero-order valence-corrected chi connectivity index (χ0v) is 18.5. The average molecular weight is 450 g/mol. The summed E-state index contributed by atoms with van der Waals surface area (Å²) in [6.45, 7) is 2.52. The van der Waals surface area contributed by atoms with E-state index in [0.717, 1.165) is 27.3 Å². The van der Waals surface area contributed by atoms with Crippen molar-refractivity contribution >= 4 is 28.5 Å². The first-order valence-electron chi connectivity index (χ1n) is 10.1. The van der Waals surface area contributed by atoms with Crippen LogP contribution in [0, 0.1) is 0 Å². The molecule has 0 unspecified atom stereocenters. The molecule has 0 N–H and O–H groups in total. The molecule has 8 nitrogen and oxygen atoms in total. The molecule has 0 atom stereocenters. The summed E-state index contributed by atoms with van der Waals surface area (Å²) in [6, 6.07) is 15.1. The van der Waals surface area contributed by atoms with Crippen LogP contribution >= 0.6 is 11.6 Å². The Morgan fingerprint density at radius 1 is 0.969 bits per heavy atom. The Balaban J connectivity index is 1.87. The monoisotopic (exact) mass is 449 g/mol. The minimum atomic E-state index is -0.423. The van der Waals surface area contributed by atoms with Gasteiger partial charge in [-0.25, -0.2) is 4.79 Å². The van der Waals surface area contributed by atoms with Crippen molar-refractivity contribution < 1.29 is 4.74 Å². The van der Waals surface area contributed by atoms with Crippen LogP contribution in [0.25, 0.3) is 33.9 Å². The van der Waals surface area contributed by atoms with Gasteiger partial charge in [0.15, 0.2) is 11.2 Å². The summed E-state index contributed by atoms with van der Waals surface area (Å²) in [5, 5.41) is 0.615. The predicted molar refractivity (Wildman–Crippen MR) is 124 cm³/mol. The second-order valence-corrected chi connectivity index (χ2v) is 7.88. The van der Waals surface area contributed by atoms with Gasteiger partial charge in [-0.05, 0) is 55.5 Å². The van der Waals surface area contributed by atoms with E-state index in [1.807, 2.05) is 54.1 Å². The van der Waals surface area contributed by atoms with E-state index in [1.54, 1.807) is 23.6 Å². The van der Waals surface area contributed by atoms with Crippen molar-refractivity contribution in [3.63, 3.8) is 0 Å². The SMILES string of the molecule is CCOc1ccc(-c2cn3c4c(=O)n(C)c(=O)n(C)c4nc3n2-c2ccc(Cl)cc2)cc1. The zero-order valence-electron chi connectivity index (χ0n) is 17.7. The number of hydrogen-bond acceptors (Lipinski definition) is 4. The molecular weight excluding hydrogens is 430 g/mol. The quantitative estimate of drug-likeness (QED) is 0.421. The summed E-state index contributed by atoms with van der Waals surface area (Å²) >= 11 is 6.11. The topological polar surface area (TPSA) is 75.5 Å². The van der Waals surface area contributed by atoms with Crippen molar-refractivity contribution in [2.24, 2.45) is 14.1 Å². The average Bonchev–Trinajstić information content (AvgIpc) is 3.34. The van der Waals surface area contributed by atoms with Gasteiger partial charge in [-0.1, -0.05) is 11.6 Å². The zero-order chi connectivity index (χ0) is 22.6. The Kier molecular flexibility index (Phi) is 4.67. The molecule has 0 aliphatic rings. The number of ether oxygens (including phenoxy) is 1. The standard InChI is InChI=1S/C23H20ClN5O3/c1-4-32-17-11-5-14(6-12-17)18-13-28-19-20(26(2)23(31)27(3)21(19)30)25-22(28)29(18)16-9-7-15(24)8-10-16/h5-13H,4H2,1-3H3. The van der Waals surface area contributed by atoms with Crippen molar-refractivity contribution in [1.82, 2.24) is 23.1 Å². The molecule has 2 aromatic carbocycles. The highest BCUT2D eigenvalue weighted by molar-refractivity contribution is 6.30. The van der Waals surface area contributed by atoms with Crippen LogP contribution < -0.4 is 16.0 Å². The number of halogens is 1. The van der Waals surface area contributed by atoms with Crippen molar-refractivity contribution in [1.29, 1.82) is 0 Å². The van der Waals surface area contributed by atoms with E-state index in [9.17, 15) is 9.59 Å². The molecule has 0 saturated carbocycles. The van der Waals surface area contributed by atoms with E-state index < -0.39 is 11.2 Å². The molecule has 0 bridgehead atoms. The molecule has 0 saturated heterocycles. The fraction of sp³-hybridized carbons (Fsp3) is 0.174. The maximum Gasteiger partial charge on any atom is 0.332 e. The molecule has 32 heavy (non-hydrogen) atoms. The minimum absolute atomic E-state index is 0.328. The second-order valence-electron chi connectivity index (χ2n) is 7.44. The largest absolute Gasteiger partial charge is 0.494 e. The lowest BCUT2D eigenvalue weighted by Gasteiger charge is -2.10. The summed E-state index contributed by atoms with van der Waals surface area (Å²) in [6.07, 6.45) is 1.86. The second kappa shape index (κ2) is 7.42. The van der Waals surface area contributed by atoms with Gasteiger partial charge >= 0.3 is 5.69 Å². The number of nitrogens with zero attached hydrogens (tertiary/aromatic N) is 5. The maximum atomic E-state index is 13.0. The van der Waals surface area contributed by atoms with Crippen molar-refractivity contribution in [2.45, 2.75) is 6.92 Å². The minimum Gasteiger partial charge on any atom is -0.494 e. The summed E-state index contributed by atoms with van der Waals surface area (Å²) in [5.41, 5.74) is 2.42. The first-order chi connectivity index (χ1) is 15.4. The predicted octanol–water partition coefficient (Wildman–Crippen LogP) is 3.39. The molecule has 0 aliphatic carbocycles. The lowest BCUT2D eigenvalue weighted by atomic mass is 10.1. The van der Waals surface area contributed by atoms with Gasteiger partial charge in [0.05, 0.1) is 12.3 Å². The van der Waals surface area contributed by atoms with Gasteiger partial charge in [0.1, 0.15) is 5.75 Å². The first kappa shape index (κ1) is 20.1. The molecule has 0 radical (unpaired) electrons. The normalized spacial score (nSPS) is 11.5. The third kappa shape index (κ3) is 2.95. The summed E-state index contributed by atoms with van der Waals surface area (Å²) in [4.78, 5) is 30.1. The molecule has 162 valence electrons. The number of aromatic nitrogens is 5. The van der Waals surface area contributed by atoms with Crippen molar-refractivity contribution in [3.05, 3.63) is 80.6 Å². The smallest absolute Gasteiger partial charge is 0.332 e. The van der Waals surface area contributed by atoms with Crippen molar-refractivity contribution in [3.8, 4) is 22.7 Å². The number of rotatable bonds is 4. The number of fused-ring (bicyclic) bond motifs is 3. The van der Waals surface area contributed by atoms with Crippen molar-refractivity contribution in [2.75, 3.05) is 6.61 Å². The molecule has 3 aromatic heterocycles. The van der Waals surface area contributed by atoms with E-state index in [4.69, 9.17) is 16.3 Å². The van der Waals surface area contributed by atoms with E-state index in [0.29, 0.717) is 28.6 Å². The summed E-state index contributed by atoms with van der Waals surface area (Å²) in [7, 11) is 3.07. The van der Waals surface area contributed by atoms with Crippen LogP contribution in [0.15, 0.2) is 64.3 Å². The summed E-state index contributed by atoms with van der Waals surface area (Å²) < 4.78 is 11.7. The molecule has 0 amide bonds. The number of hydrogen-bond donors (Lipinski definition) is 0. The van der Waals surface area contributed by atoms with Crippen LogP contribution in [-0.2, 0) is 14.1 Å². The highest BCUT2D eigenvalue weighted by atomic mass is 35.5.